The van der Waals surface area contributed by atoms with Crippen LogP contribution in [0.4, 0.5) is 0 Å². The zero-order valence-electron chi connectivity index (χ0n) is 23.8. The second-order valence-corrected chi connectivity index (χ2v) is 12.4. The molecule has 1 aliphatic carbocycles. The van der Waals surface area contributed by atoms with E-state index in [1.807, 2.05) is 6.08 Å². The van der Waals surface area contributed by atoms with Crippen molar-refractivity contribution in [2.75, 3.05) is 0 Å². The summed E-state index contributed by atoms with van der Waals surface area (Å²) in [6.45, 7) is 19.4. The monoisotopic (exact) mass is 503 g/mol. The maximum absolute atomic E-state index is 6.54. The van der Waals surface area contributed by atoms with Gasteiger partial charge < -0.3 is 13.9 Å². The van der Waals surface area contributed by atoms with E-state index >= 15 is 0 Å². The van der Waals surface area contributed by atoms with Crippen LogP contribution in [-0.2, 0) is 14.7 Å². The SMILES string of the molecule is C=CC1=C(/C=C\C)n2c3ccc(C4=CCCC=C4)cc3c3cc(B4OC(C)(C)C(C)(C)O4)cc(c32)C1(C)C. The molecular weight excluding hydrogens is 465 g/mol. The van der Waals surface area contributed by atoms with Crippen molar-refractivity contribution in [1.29, 1.82) is 0 Å². The number of hydrogen-bond acceptors (Lipinski definition) is 2. The Morgan fingerprint density at radius 3 is 2.32 bits per heavy atom. The number of fused-ring (bicyclic) bond motifs is 3. The highest BCUT2D eigenvalue weighted by atomic mass is 16.7. The van der Waals surface area contributed by atoms with E-state index in [1.165, 1.54) is 49.8 Å². The average molecular weight is 503 g/mol. The molecule has 0 bridgehead atoms. The molecule has 3 aliphatic rings. The molecular formula is C34H38BNO2. The van der Waals surface area contributed by atoms with Gasteiger partial charge in [0, 0.05) is 21.9 Å². The van der Waals surface area contributed by atoms with Crippen LogP contribution >= 0.6 is 0 Å². The van der Waals surface area contributed by atoms with Crippen molar-refractivity contribution >= 4 is 45.7 Å². The Hall–Kier alpha value is -3.08. The van der Waals surface area contributed by atoms with E-state index in [0.29, 0.717) is 0 Å². The summed E-state index contributed by atoms with van der Waals surface area (Å²) in [5.74, 6) is 0. The van der Waals surface area contributed by atoms with Gasteiger partial charge in [0.05, 0.1) is 22.2 Å². The molecule has 4 heteroatoms. The quantitative estimate of drug-likeness (QED) is 0.336. The number of hydrogen-bond donors (Lipinski definition) is 0. The van der Waals surface area contributed by atoms with Gasteiger partial charge in [0.2, 0.25) is 0 Å². The molecule has 0 N–H and O–H groups in total. The molecule has 3 aromatic rings. The van der Waals surface area contributed by atoms with Crippen molar-refractivity contribution in [2.24, 2.45) is 0 Å². The third kappa shape index (κ3) is 3.50. The predicted octanol–water partition coefficient (Wildman–Crippen LogP) is 8.09. The van der Waals surface area contributed by atoms with Crippen molar-refractivity contribution in [2.45, 2.75) is 77.9 Å². The number of allylic oxidation sites excluding steroid dienone is 9. The van der Waals surface area contributed by atoms with Crippen LogP contribution in [0.2, 0.25) is 0 Å². The highest BCUT2D eigenvalue weighted by Crippen LogP contribution is 2.48. The molecule has 0 atom stereocenters. The standard InChI is InChI=1S/C34H38BNO2/c1-9-14-30-27(10-2)32(3,4)28-21-24(35-37-33(5,6)34(7,8)38-35)20-26-25-19-23(22-15-12-11-13-16-22)17-18-29(25)36(30)31(26)28/h9-10,12,14-21H,2,11,13H2,1,3-8H3/b14-9-. The molecule has 2 aliphatic heterocycles. The van der Waals surface area contributed by atoms with Crippen molar-refractivity contribution in [3.05, 3.63) is 90.1 Å². The van der Waals surface area contributed by atoms with Crippen molar-refractivity contribution < 1.29 is 9.31 Å². The number of aromatic nitrogens is 1. The van der Waals surface area contributed by atoms with Gasteiger partial charge in [0.25, 0.3) is 0 Å². The summed E-state index contributed by atoms with van der Waals surface area (Å²) in [6, 6.07) is 11.5. The molecule has 0 radical (unpaired) electrons. The predicted molar refractivity (Wildman–Crippen MR) is 163 cm³/mol. The van der Waals surface area contributed by atoms with Crippen molar-refractivity contribution in [1.82, 2.24) is 4.57 Å². The van der Waals surface area contributed by atoms with Crippen molar-refractivity contribution in [3.63, 3.8) is 0 Å². The Balaban J connectivity index is 1.69. The molecule has 0 unspecified atom stereocenters. The Kier molecular flexibility index (Phi) is 5.62. The van der Waals surface area contributed by atoms with Gasteiger partial charge in [-0.3, -0.25) is 0 Å². The minimum absolute atomic E-state index is 0.240. The van der Waals surface area contributed by atoms with E-state index < -0.39 is 18.3 Å². The van der Waals surface area contributed by atoms with Gasteiger partial charge in [-0.15, -0.1) is 0 Å². The number of benzene rings is 2. The third-order valence-corrected chi connectivity index (χ3v) is 9.13. The lowest BCUT2D eigenvalue weighted by Gasteiger charge is -2.35. The number of nitrogens with zero attached hydrogens (tertiary/aromatic N) is 1. The Morgan fingerprint density at radius 2 is 1.68 bits per heavy atom. The molecule has 6 rings (SSSR count). The lowest BCUT2D eigenvalue weighted by atomic mass is 9.70. The van der Waals surface area contributed by atoms with E-state index in [4.69, 9.17) is 9.31 Å². The first kappa shape index (κ1) is 25.2. The Labute approximate surface area is 227 Å². The van der Waals surface area contributed by atoms with Gasteiger partial charge in [-0.05, 0) is 93.4 Å². The molecule has 1 saturated heterocycles. The van der Waals surface area contributed by atoms with Crippen LogP contribution in [0.25, 0.3) is 33.1 Å². The smallest absolute Gasteiger partial charge is 0.399 e. The Bertz CT molecular complexity index is 1610. The third-order valence-electron chi connectivity index (χ3n) is 9.13. The summed E-state index contributed by atoms with van der Waals surface area (Å²) in [4.78, 5) is 0. The molecule has 0 amide bonds. The lowest BCUT2D eigenvalue weighted by molar-refractivity contribution is 0.00578. The lowest BCUT2D eigenvalue weighted by Crippen LogP contribution is -2.41. The molecule has 38 heavy (non-hydrogen) atoms. The van der Waals surface area contributed by atoms with Gasteiger partial charge in [0.15, 0.2) is 0 Å². The van der Waals surface area contributed by atoms with E-state index in [1.54, 1.807) is 0 Å². The highest BCUT2D eigenvalue weighted by molar-refractivity contribution is 6.62. The molecule has 2 aromatic carbocycles. The van der Waals surface area contributed by atoms with Gasteiger partial charge in [-0.1, -0.05) is 69.0 Å². The topological polar surface area (TPSA) is 23.4 Å². The summed E-state index contributed by atoms with van der Waals surface area (Å²) >= 11 is 0. The van der Waals surface area contributed by atoms with Crippen LogP contribution in [0.3, 0.4) is 0 Å². The van der Waals surface area contributed by atoms with Crippen LogP contribution in [-0.4, -0.2) is 22.9 Å². The zero-order valence-corrected chi connectivity index (χ0v) is 23.8. The van der Waals surface area contributed by atoms with Crippen molar-refractivity contribution in [3.8, 4) is 0 Å². The second kappa shape index (κ2) is 8.46. The van der Waals surface area contributed by atoms with Crippen LogP contribution in [0.15, 0.2) is 78.9 Å². The van der Waals surface area contributed by atoms with Gasteiger partial charge in [-0.25, -0.2) is 0 Å². The molecule has 0 saturated carbocycles. The first-order valence-corrected chi connectivity index (χ1v) is 13.9. The molecule has 1 fully saturated rings. The summed E-state index contributed by atoms with van der Waals surface area (Å²) in [7, 11) is -0.421. The number of rotatable bonds is 4. The Morgan fingerprint density at radius 1 is 0.947 bits per heavy atom. The summed E-state index contributed by atoms with van der Waals surface area (Å²) in [5, 5.41) is 2.49. The van der Waals surface area contributed by atoms with Gasteiger partial charge in [-0.2, -0.15) is 0 Å². The molecule has 3 nitrogen and oxygen atoms in total. The van der Waals surface area contributed by atoms with Gasteiger partial charge in [0.1, 0.15) is 0 Å². The average Bonchev–Trinajstić information content (AvgIpc) is 3.32. The maximum Gasteiger partial charge on any atom is 0.494 e. The van der Waals surface area contributed by atoms with E-state index in [-0.39, 0.29) is 5.41 Å². The normalized spacial score (nSPS) is 21.7. The van der Waals surface area contributed by atoms with E-state index in [0.717, 1.165) is 18.3 Å². The van der Waals surface area contributed by atoms with E-state index in [9.17, 15) is 0 Å². The van der Waals surface area contributed by atoms with Crippen LogP contribution in [0, 0.1) is 0 Å². The summed E-state index contributed by atoms with van der Waals surface area (Å²) in [6.07, 6.45) is 15.5. The fraction of sp³-hybridized carbons (Fsp3) is 0.353. The van der Waals surface area contributed by atoms with Gasteiger partial charge >= 0.3 is 7.12 Å². The second-order valence-electron chi connectivity index (χ2n) is 12.4. The fourth-order valence-corrected chi connectivity index (χ4v) is 6.29. The van der Waals surface area contributed by atoms with Crippen LogP contribution in [0.5, 0.6) is 0 Å². The minimum Gasteiger partial charge on any atom is -0.399 e. The minimum atomic E-state index is -0.421. The molecule has 3 heterocycles. The highest BCUT2D eigenvalue weighted by Gasteiger charge is 2.52. The summed E-state index contributed by atoms with van der Waals surface area (Å²) in [5.41, 5.74) is 8.74. The first-order valence-electron chi connectivity index (χ1n) is 13.9. The fourth-order valence-electron chi connectivity index (χ4n) is 6.29. The van der Waals surface area contributed by atoms with Crippen LogP contribution in [0.1, 0.15) is 72.4 Å². The van der Waals surface area contributed by atoms with E-state index in [2.05, 4.69) is 120 Å². The molecule has 194 valence electrons. The zero-order chi connectivity index (χ0) is 27.0. The molecule has 0 spiro atoms. The first-order chi connectivity index (χ1) is 18.0. The van der Waals surface area contributed by atoms with Crippen LogP contribution < -0.4 is 5.46 Å². The summed E-state index contributed by atoms with van der Waals surface area (Å²) < 4.78 is 15.5. The largest absolute Gasteiger partial charge is 0.494 e. The maximum atomic E-state index is 6.54. The molecule has 1 aromatic heterocycles.